The highest BCUT2D eigenvalue weighted by Crippen LogP contribution is 2.27. The summed E-state index contributed by atoms with van der Waals surface area (Å²) in [5, 5.41) is 1.18. The third-order valence-electron chi connectivity index (χ3n) is 8.52. The molecule has 3 heterocycles. The number of carbonyl (C=O) groups is 1. The molecule has 3 aromatic rings. The van der Waals surface area contributed by atoms with Gasteiger partial charge in [0, 0.05) is 74.5 Å². The molecule has 5 heteroatoms. The van der Waals surface area contributed by atoms with Crippen LogP contribution in [0, 0.1) is 5.92 Å². The second-order valence-electron chi connectivity index (χ2n) is 10.9. The van der Waals surface area contributed by atoms with Gasteiger partial charge in [0.2, 0.25) is 0 Å². The zero-order valence-electron chi connectivity index (χ0n) is 20.8. The van der Waals surface area contributed by atoms with Gasteiger partial charge in [-0.05, 0) is 68.0 Å². The van der Waals surface area contributed by atoms with Crippen LogP contribution in [0.1, 0.15) is 48.0 Å². The zero-order valence-corrected chi connectivity index (χ0v) is 20.8. The van der Waals surface area contributed by atoms with Gasteiger partial charge >= 0.3 is 0 Å². The highest BCUT2D eigenvalue weighted by molar-refractivity contribution is 5.98. The van der Waals surface area contributed by atoms with Crippen molar-refractivity contribution in [3.63, 3.8) is 0 Å². The highest BCUT2D eigenvalue weighted by Gasteiger charge is 2.29. The maximum Gasteiger partial charge on any atom is 0.253 e. The number of amides is 1. The van der Waals surface area contributed by atoms with Gasteiger partial charge in [-0.1, -0.05) is 36.8 Å². The van der Waals surface area contributed by atoms with Crippen molar-refractivity contribution >= 4 is 16.8 Å². The predicted molar refractivity (Wildman–Crippen MR) is 141 cm³/mol. The van der Waals surface area contributed by atoms with Gasteiger partial charge in [0.05, 0.1) is 0 Å². The Labute approximate surface area is 209 Å². The lowest BCUT2D eigenvalue weighted by Gasteiger charge is -2.42. The van der Waals surface area contributed by atoms with E-state index < -0.39 is 0 Å². The van der Waals surface area contributed by atoms with Crippen molar-refractivity contribution in [1.29, 1.82) is 0 Å². The van der Waals surface area contributed by atoms with Gasteiger partial charge in [-0.2, -0.15) is 0 Å². The Kier molecular flexibility index (Phi) is 6.62. The van der Waals surface area contributed by atoms with Crippen LogP contribution >= 0.6 is 0 Å². The fourth-order valence-electron chi connectivity index (χ4n) is 6.28. The van der Waals surface area contributed by atoms with Gasteiger partial charge in [0.25, 0.3) is 5.91 Å². The Balaban J connectivity index is 1.08. The predicted octanol–water partition coefficient (Wildman–Crippen LogP) is 4.86. The lowest BCUT2D eigenvalue weighted by atomic mass is 9.91. The number of likely N-dealkylation sites (tertiary alicyclic amines) is 1. The molecule has 3 aliphatic rings. The molecule has 0 spiro atoms. The van der Waals surface area contributed by atoms with Crippen molar-refractivity contribution in [3.05, 3.63) is 71.9 Å². The number of aromatic nitrogens is 1. The molecule has 1 saturated carbocycles. The average Bonchev–Trinajstić information content (AvgIpc) is 3.26. The maximum atomic E-state index is 13.2. The Bertz CT molecular complexity index is 1140. The number of carbonyl (C=O) groups excluding carboxylic acids is 1. The molecule has 0 bridgehead atoms. The van der Waals surface area contributed by atoms with E-state index in [0.29, 0.717) is 5.92 Å². The molecule has 184 valence electrons. The largest absolute Gasteiger partial charge is 0.347 e. The molecule has 5 nitrogen and oxygen atoms in total. The van der Waals surface area contributed by atoms with Crippen molar-refractivity contribution < 1.29 is 4.79 Å². The van der Waals surface area contributed by atoms with Crippen LogP contribution in [-0.2, 0) is 13.1 Å². The van der Waals surface area contributed by atoms with Crippen molar-refractivity contribution in [2.75, 3.05) is 39.3 Å². The minimum Gasteiger partial charge on any atom is -0.347 e. The van der Waals surface area contributed by atoms with E-state index >= 15 is 0 Å². The van der Waals surface area contributed by atoms with Crippen molar-refractivity contribution in [2.24, 2.45) is 5.92 Å². The Hall–Kier alpha value is -2.63. The number of piperazine rings is 1. The molecule has 0 radical (unpaired) electrons. The van der Waals surface area contributed by atoms with Crippen LogP contribution in [0.4, 0.5) is 0 Å². The van der Waals surface area contributed by atoms with Crippen molar-refractivity contribution in [2.45, 2.75) is 51.2 Å². The van der Waals surface area contributed by atoms with Crippen LogP contribution in [0.3, 0.4) is 0 Å². The summed E-state index contributed by atoms with van der Waals surface area (Å²) in [6.45, 7) is 8.20. The molecule has 35 heavy (non-hydrogen) atoms. The standard InChI is InChI=1S/C30H38N4O/c35-30(33-18-16-32(17-19-33)28-9-4-10-28)27-11-12-29-26(20-27)13-15-34(29)23-25-8-5-14-31(22-25)21-24-6-2-1-3-7-24/h1-3,6-7,11-13,15,20,25,28H,4-5,8-10,14,16-19,21-23H2. The topological polar surface area (TPSA) is 31.7 Å². The first-order valence-electron chi connectivity index (χ1n) is 13.6. The van der Waals surface area contributed by atoms with Crippen LogP contribution in [-0.4, -0.2) is 70.5 Å². The smallest absolute Gasteiger partial charge is 0.253 e. The molecule has 1 atom stereocenters. The van der Waals surface area contributed by atoms with E-state index in [-0.39, 0.29) is 5.91 Å². The van der Waals surface area contributed by atoms with E-state index in [1.807, 2.05) is 6.07 Å². The average molecular weight is 471 g/mol. The molecule has 2 saturated heterocycles. The molecule has 1 aromatic heterocycles. The Morgan fingerprint density at radius 1 is 0.857 bits per heavy atom. The second-order valence-corrected chi connectivity index (χ2v) is 10.9. The Morgan fingerprint density at radius 3 is 2.46 bits per heavy atom. The molecule has 2 aromatic carbocycles. The number of hydrogen-bond donors (Lipinski definition) is 0. The lowest BCUT2D eigenvalue weighted by molar-refractivity contribution is 0.0455. The van der Waals surface area contributed by atoms with E-state index in [9.17, 15) is 4.79 Å². The fourth-order valence-corrected chi connectivity index (χ4v) is 6.28. The third kappa shape index (κ3) is 5.03. The zero-order chi connectivity index (χ0) is 23.6. The normalized spacial score (nSPS) is 22.4. The van der Waals surface area contributed by atoms with E-state index in [0.717, 1.165) is 57.4 Å². The number of benzene rings is 2. The van der Waals surface area contributed by atoms with Gasteiger partial charge in [0.1, 0.15) is 0 Å². The van der Waals surface area contributed by atoms with Gasteiger partial charge in [0.15, 0.2) is 0 Å². The number of rotatable bonds is 6. The molecular weight excluding hydrogens is 432 g/mol. The van der Waals surface area contributed by atoms with Gasteiger partial charge in [-0.25, -0.2) is 0 Å². The summed E-state index contributed by atoms with van der Waals surface area (Å²) < 4.78 is 2.40. The summed E-state index contributed by atoms with van der Waals surface area (Å²) >= 11 is 0. The summed E-state index contributed by atoms with van der Waals surface area (Å²) in [6, 6.07) is 20.1. The van der Waals surface area contributed by atoms with Crippen LogP contribution in [0.15, 0.2) is 60.8 Å². The van der Waals surface area contributed by atoms with E-state index in [4.69, 9.17) is 0 Å². The molecule has 0 N–H and O–H groups in total. The van der Waals surface area contributed by atoms with Gasteiger partial charge < -0.3 is 9.47 Å². The highest BCUT2D eigenvalue weighted by atomic mass is 16.2. The number of fused-ring (bicyclic) bond motifs is 1. The minimum atomic E-state index is 0.191. The summed E-state index contributed by atoms with van der Waals surface area (Å²) in [6.07, 6.45) is 8.82. The molecule has 1 aliphatic carbocycles. The molecule has 1 unspecified atom stereocenters. The molecule has 1 amide bonds. The van der Waals surface area contributed by atoms with Crippen molar-refractivity contribution in [1.82, 2.24) is 19.3 Å². The van der Waals surface area contributed by atoms with Crippen LogP contribution in [0.5, 0.6) is 0 Å². The van der Waals surface area contributed by atoms with Gasteiger partial charge in [-0.15, -0.1) is 0 Å². The first-order chi connectivity index (χ1) is 17.2. The molecule has 2 aliphatic heterocycles. The minimum absolute atomic E-state index is 0.191. The number of piperidine rings is 1. The van der Waals surface area contributed by atoms with E-state index in [1.165, 1.54) is 55.1 Å². The molecular formula is C30H38N4O. The summed E-state index contributed by atoms with van der Waals surface area (Å²) in [5.41, 5.74) is 3.48. The fraction of sp³-hybridized carbons (Fsp3) is 0.500. The van der Waals surface area contributed by atoms with E-state index in [1.54, 1.807) is 0 Å². The molecule has 6 rings (SSSR count). The summed E-state index contributed by atoms with van der Waals surface area (Å²) in [7, 11) is 0. The van der Waals surface area contributed by atoms with E-state index in [2.05, 4.69) is 74.0 Å². The number of hydrogen-bond acceptors (Lipinski definition) is 3. The summed E-state index contributed by atoms with van der Waals surface area (Å²) in [4.78, 5) is 20.5. The SMILES string of the molecule is O=C(c1ccc2c(ccn2CC2CCCN(Cc3ccccc3)C2)c1)N1CCN(C2CCC2)CC1. The monoisotopic (exact) mass is 470 g/mol. The van der Waals surface area contributed by atoms with Crippen LogP contribution < -0.4 is 0 Å². The lowest BCUT2D eigenvalue weighted by Crippen LogP contribution is -2.53. The second kappa shape index (κ2) is 10.2. The van der Waals surface area contributed by atoms with Crippen LogP contribution in [0.25, 0.3) is 10.9 Å². The number of nitrogens with zero attached hydrogens (tertiary/aromatic N) is 4. The summed E-state index contributed by atoms with van der Waals surface area (Å²) in [5.74, 6) is 0.855. The van der Waals surface area contributed by atoms with Gasteiger partial charge in [-0.3, -0.25) is 14.6 Å². The molecule has 3 fully saturated rings. The first-order valence-corrected chi connectivity index (χ1v) is 13.6. The maximum absolute atomic E-state index is 13.2. The van der Waals surface area contributed by atoms with Crippen LogP contribution in [0.2, 0.25) is 0 Å². The Morgan fingerprint density at radius 2 is 1.69 bits per heavy atom. The third-order valence-corrected chi connectivity index (χ3v) is 8.52. The quantitative estimate of drug-likeness (QED) is 0.515. The van der Waals surface area contributed by atoms with Crippen molar-refractivity contribution in [3.8, 4) is 0 Å². The first kappa shape index (κ1) is 22.8.